The summed E-state index contributed by atoms with van der Waals surface area (Å²) >= 11 is 0. The molecular weight excluding hydrogens is 715 g/mol. The molecule has 0 saturated carbocycles. The molecule has 1 aromatic heterocycles. The van der Waals surface area contributed by atoms with Crippen LogP contribution in [0.2, 0.25) is 0 Å². The maximum absolute atomic E-state index is 6.60. The van der Waals surface area contributed by atoms with Crippen LogP contribution in [-0.4, -0.2) is 0 Å². The summed E-state index contributed by atoms with van der Waals surface area (Å²) in [6.07, 6.45) is 0. The molecule has 0 atom stereocenters. The van der Waals surface area contributed by atoms with Crippen molar-refractivity contribution in [3.63, 3.8) is 0 Å². The molecule has 59 heavy (non-hydrogen) atoms. The van der Waals surface area contributed by atoms with Gasteiger partial charge in [-0.1, -0.05) is 178 Å². The first-order valence-electron chi connectivity index (χ1n) is 20.4. The zero-order chi connectivity index (χ0) is 39.5. The van der Waals surface area contributed by atoms with E-state index in [0.717, 1.165) is 61.3 Å². The van der Waals surface area contributed by atoms with E-state index < -0.39 is 0 Å². The van der Waals surface area contributed by atoms with Crippen molar-refractivity contribution in [2.75, 3.05) is 4.90 Å². The molecule has 0 spiro atoms. The van der Waals surface area contributed by atoms with E-state index in [1.807, 2.05) is 6.07 Å². The van der Waals surface area contributed by atoms with Crippen LogP contribution in [0.3, 0.4) is 0 Å². The SMILES string of the molecule is CC1(C)c2ccccc2-c2ccc(N(c3ccc(-c4cc(-c5ccc(-c6ccccc6)cc5)c5oc6ccccc6c5c4)cc3)c3ccccc3-c3ccccc3)cc21. The van der Waals surface area contributed by atoms with Crippen LogP contribution in [0.1, 0.15) is 25.0 Å². The van der Waals surface area contributed by atoms with E-state index in [-0.39, 0.29) is 5.41 Å². The number of para-hydroxylation sites is 2. The van der Waals surface area contributed by atoms with Crippen LogP contribution in [0, 0.1) is 0 Å². The number of fused-ring (bicyclic) bond motifs is 6. The first-order valence-corrected chi connectivity index (χ1v) is 20.4. The van der Waals surface area contributed by atoms with Crippen molar-refractivity contribution in [3.8, 4) is 55.6 Å². The molecule has 0 N–H and O–H groups in total. The largest absolute Gasteiger partial charge is 0.455 e. The number of hydrogen-bond acceptors (Lipinski definition) is 2. The Balaban J connectivity index is 1.05. The highest BCUT2D eigenvalue weighted by atomic mass is 16.3. The lowest BCUT2D eigenvalue weighted by Gasteiger charge is -2.30. The van der Waals surface area contributed by atoms with Crippen molar-refractivity contribution >= 4 is 39.0 Å². The number of benzene rings is 9. The quantitative estimate of drug-likeness (QED) is 0.161. The van der Waals surface area contributed by atoms with Gasteiger partial charge in [0.1, 0.15) is 11.2 Å². The molecule has 11 rings (SSSR count). The number of nitrogens with zero attached hydrogens (tertiary/aromatic N) is 1. The molecule has 1 aliphatic rings. The minimum atomic E-state index is -0.119. The summed E-state index contributed by atoms with van der Waals surface area (Å²) in [5.74, 6) is 0. The molecule has 0 bridgehead atoms. The standard InChI is InChI=1S/C57H41NO/c1-57(2)52-22-12-9-20-47(52)48-34-33-45(37-53(48)57)58(54-23-13-10-19-46(54)41-17-7-4-8-18-41)44-31-29-40(30-32-44)43-35-50(56-51(36-43)49-21-11-14-24-55(49)59-56)42-27-25-39(26-28-42)38-15-5-3-6-16-38/h3-37H,1-2H3. The number of furan rings is 1. The lowest BCUT2D eigenvalue weighted by molar-refractivity contribution is 0.660. The normalized spacial score (nSPS) is 12.7. The van der Waals surface area contributed by atoms with E-state index in [9.17, 15) is 0 Å². The van der Waals surface area contributed by atoms with Crippen LogP contribution >= 0.6 is 0 Å². The molecule has 1 aliphatic carbocycles. The van der Waals surface area contributed by atoms with Crippen LogP contribution in [0.4, 0.5) is 17.1 Å². The summed E-state index contributed by atoms with van der Waals surface area (Å²) in [5, 5.41) is 2.23. The van der Waals surface area contributed by atoms with Crippen LogP contribution < -0.4 is 4.90 Å². The van der Waals surface area contributed by atoms with Gasteiger partial charge in [-0.05, 0) is 104 Å². The molecular formula is C57H41NO. The molecule has 9 aromatic carbocycles. The van der Waals surface area contributed by atoms with Crippen molar-refractivity contribution in [3.05, 3.63) is 223 Å². The first kappa shape index (κ1) is 34.8. The summed E-state index contributed by atoms with van der Waals surface area (Å²) in [5.41, 5.74) is 19.7. The number of hydrogen-bond donors (Lipinski definition) is 0. The smallest absolute Gasteiger partial charge is 0.143 e. The van der Waals surface area contributed by atoms with Gasteiger partial charge < -0.3 is 9.32 Å². The van der Waals surface area contributed by atoms with Gasteiger partial charge in [0.15, 0.2) is 0 Å². The first-order chi connectivity index (χ1) is 29.0. The molecule has 0 fully saturated rings. The molecule has 10 aromatic rings. The second-order valence-electron chi connectivity index (χ2n) is 16.1. The van der Waals surface area contributed by atoms with E-state index in [1.54, 1.807) is 0 Å². The lowest BCUT2D eigenvalue weighted by Crippen LogP contribution is -2.16. The Morgan fingerprint density at radius 2 is 0.898 bits per heavy atom. The third-order valence-corrected chi connectivity index (χ3v) is 12.3. The predicted molar refractivity (Wildman–Crippen MR) is 248 cm³/mol. The summed E-state index contributed by atoms with van der Waals surface area (Å²) < 4.78 is 6.60. The minimum absolute atomic E-state index is 0.119. The van der Waals surface area contributed by atoms with Gasteiger partial charge in [0.05, 0.1) is 5.69 Å². The number of anilines is 3. The fourth-order valence-corrected chi connectivity index (χ4v) is 9.27. The molecule has 0 aliphatic heterocycles. The Bertz CT molecular complexity index is 3160. The molecule has 0 unspecified atom stereocenters. The minimum Gasteiger partial charge on any atom is -0.455 e. The molecule has 0 amide bonds. The third-order valence-electron chi connectivity index (χ3n) is 12.3. The van der Waals surface area contributed by atoms with Crippen molar-refractivity contribution in [2.24, 2.45) is 0 Å². The highest BCUT2D eigenvalue weighted by molar-refractivity contribution is 6.11. The zero-order valence-corrected chi connectivity index (χ0v) is 33.1. The molecule has 0 radical (unpaired) electrons. The van der Waals surface area contributed by atoms with Gasteiger partial charge in [0.2, 0.25) is 0 Å². The van der Waals surface area contributed by atoms with Gasteiger partial charge in [-0.2, -0.15) is 0 Å². The number of rotatable bonds is 7. The van der Waals surface area contributed by atoms with Gasteiger partial charge in [-0.3, -0.25) is 0 Å². The Hall–Kier alpha value is -7.42. The highest BCUT2D eigenvalue weighted by Gasteiger charge is 2.36. The second-order valence-corrected chi connectivity index (χ2v) is 16.1. The van der Waals surface area contributed by atoms with Crippen molar-refractivity contribution in [1.82, 2.24) is 0 Å². The summed E-state index contributed by atoms with van der Waals surface area (Å²) in [6, 6.07) is 76.8. The molecule has 0 saturated heterocycles. The predicted octanol–water partition coefficient (Wildman–Crippen LogP) is 16.0. The maximum atomic E-state index is 6.60. The zero-order valence-electron chi connectivity index (χ0n) is 33.1. The van der Waals surface area contributed by atoms with E-state index >= 15 is 0 Å². The Morgan fingerprint density at radius 1 is 0.356 bits per heavy atom. The molecule has 280 valence electrons. The third kappa shape index (κ3) is 5.87. The van der Waals surface area contributed by atoms with Crippen molar-refractivity contribution < 1.29 is 4.42 Å². The molecule has 1 heterocycles. The summed E-state index contributed by atoms with van der Waals surface area (Å²) in [6.45, 7) is 4.70. The van der Waals surface area contributed by atoms with E-state index in [4.69, 9.17) is 4.42 Å². The second kappa shape index (κ2) is 13.9. The van der Waals surface area contributed by atoms with Crippen molar-refractivity contribution in [1.29, 1.82) is 0 Å². The summed E-state index contributed by atoms with van der Waals surface area (Å²) in [4.78, 5) is 2.43. The van der Waals surface area contributed by atoms with E-state index in [2.05, 4.69) is 225 Å². The Kier molecular flexibility index (Phi) is 8.20. The average molecular weight is 756 g/mol. The molecule has 2 heteroatoms. The fourth-order valence-electron chi connectivity index (χ4n) is 9.27. The van der Waals surface area contributed by atoms with Gasteiger partial charge in [0, 0.05) is 38.7 Å². The van der Waals surface area contributed by atoms with E-state index in [1.165, 1.54) is 44.5 Å². The van der Waals surface area contributed by atoms with Crippen LogP contribution in [0.25, 0.3) is 77.6 Å². The van der Waals surface area contributed by atoms with Gasteiger partial charge in [-0.15, -0.1) is 0 Å². The Morgan fingerprint density at radius 3 is 1.68 bits per heavy atom. The monoisotopic (exact) mass is 755 g/mol. The van der Waals surface area contributed by atoms with Crippen LogP contribution in [0.5, 0.6) is 0 Å². The van der Waals surface area contributed by atoms with Crippen molar-refractivity contribution in [2.45, 2.75) is 19.3 Å². The lowest BCUT2D eigenvalue weighted by atomic mass is 9.82. The van der Waals surface area contributed by atoms with Gasteiger partial charge in [-0.25, -0.2) is 0 Å². The Labute approximate surface area is 345 Å². The molecule has 2 nitrogen and oxygen atoms in total. The average Bonchev–Trinajstić information content (AvgIpc) is 3.79. The van der Waals surface area contributed by atoms with Crippen LogP contribution in [-0.2, 0) is 5.41 Å². The van der Waals surface area contributed by atoms with Gasteiger partial charge >= 0.3 is 0 Å². The van der Waals surface area contributed by atoms with Gasteiger partial charge in [0.25, 0.3) is 0 Å². The highest BCUT2D eigenvalue weighted by Crippen LogP contribution is 2.51. The fraction of sp³-hybridized carbons (Fsp3) is 0.0526. The summed E-state index contributed by atoms with van der Waals surface area (Å²) in [7, 11) is 0. The topological polar surface area (TPSA) is 16.4 Å². The van der Waals surface area contributed by atoms with Crippen LogP contribution in [0.15, 0.2) is 217 Å². The maximum Gasteiger partial charge on any atom is 0.143 e. The van der Waals surface area contributed by atoms with E-state index in [0.29, 0.717) is 0 Å².